The maximum atomic E-state index is 12.5. The minimum Gasteiger partial charge on any atom is -0.444 e. The summed E-state index contributed by atoms with van der Waals surface area (Å²) in [5.41, 5.74) is 8.84. The average Bonchev–Trinajstić information content (AvgIpc) is 2.42. The quantitative estimate of drug-likeness (QED) is 0.865. The standard InChI is InChI=1S/C18H28N2O2/c1-5-10-20(17(21)22-18(2,3)4)16-9-7-13-11-15(19)8-6-14(13)12-16/h6,8,11,16H,5,7,9-10,12,19H2,1-4H3/t16-/m1/s1. The number of nitrogen functional groups attached to an aromatic ring is 1. The average molecular weight is 304 g/mol. The van der Waals surface area contributed by atoms with Gasteiger partial charge in [-0.15, -0.1) is 0 Å². The summed E-state index contributed by atoms with van der Waals surface area (Å²) in [7, 11) is 0. The van der Waals surface area contributed by atoms with Crippen LogP contribution in [-0.2, 0) is 17.6 Å². The number of benzene rings is 1. The lowest BCUT2D eigenvalue weighted by molar-refractivity contribution is 0.0146. The summed E-state index contributed by atoms with van der Waals surface area (Å²) < 4.78 is 5.58. The third-order valence-corrected chi connectivity index (χ3v) is 3.97. The van der Waals surface area contributed by atoms with E-state index in [4.69, 9.17) is 10.5 Å². The highest BCUT2D eigenvalue weighted by atomic mass is 16.6. The molecule has 22 heavy (non-hydrogen) atoms. The molecule has 4 nitrogen and oxygen atoms in total. The molecule has 1 aliphatic rings. The van der Waals surface area contributed by atoms with Crippen LogP contribution in [0.4, 0.5) is 10.5 Å². The number of amides is 1. The number of carbonyl (C=O) groups is 1. The van der Waals surface area contributed by atoms with Crippen molar-refractivity contribution in [3.63, 3.8) is 0 Å². The first kappa shape index (κ1) is 16.7. The molecule has 1 aliphatic carbocycles. The molecule has 2 N–H and O–H groups in total. The normalized spacial score (nSPS) is 17.7. The van der Waals surface area contributed by atoms with Crippen LogP contribution in [0.1, 0.15) is 51.7 Å². The second-order valence-corrected chi connectivity index (χ2v) is 7.10. The molecule has 4 heteroatoms. The summed E-state index contributed by atoms with van der Waals surface area (Å²) in [6, 6.07) is 6.31. The van der Waals surface area contributed by atoms with Crippen LogP contribution in [0.15, 0.2) is 18.2 Å². The predicted molar refractivity (Wildman–Crippen MR) is 89.9 cm³/mol. The molecule has 0 bridgehead atoms. The Kier molecular flexibility index (Phi) is 4.99. The third kappa shape index (κ3) is 4.15. The van der Waals surface area contributed by atoms with Crippen molar-refractivity contribution in [3.05, 3.63) is 29.3 Å². The van der Waals surface area contributed by atoms with Crippen molar-refractivity contribution in [2.45, 2.75) is 65.0 Å². The van der Waals surface area contributed by atoms with Crippen LogP contribution in [0, 0.1) is 0 Å². The first-order valence-electron chi connectivity index (χ1n) is 8.17. The van der Waals surface area contributed by atoms with E-state index in [9.17, 15) is 4.79 Å². The zero-order valence-corrected chi connectivity index (χ0v) is 14.2. The van der Waals surface area contributed by atoms with Crippen molar-refractivity contribution < 1.29 is 9.53 Å². The smallest absolute Gasteiger partial charge is 0.410 e. The van der Waals surface area contributed by atoms with Gasteiger partial charge in [0.1, 0.15) is 5.60 Å². The second kappa shape index (κ2) is 6.59. The summed E-state index contributed by atoms with van der Waals surface area (Å²) in [5, 5.41) is 0. The topological polar surface area (TPSA) is 55.6 Å². The number of hydrogen-bond donors (Lipinski definition) is 1. The summed E-state index contributed by atoms with van der Waals surface area (Å²) >= 11 is 0. The first-order chi connectivity index (χ1) is 10.3. The zero-order valence-electron chi connectivity index (χ0n) is 14.2. The van der Waals surface area contributed by atoms with Crippen LogP contribution >= 0.6 is 0 Å². The largest absolute Gasteiger partial charge is 0.444 e. The van der Waals surface area contributed by atoms with E-state index in [1.54, 1.807) is 0 Å². The molecule has 1 atom stereocenters. The molecule has 122 valence electrons. The summed E-state index contributed by atoms with van der Waals surface area (Å²) in [5.74, 6) is 0. The monoisotopic (exact) mass is 304 g/mol. The Bertz CT molecular complexity index is 534. The Morgan fingerprint density at radius 1 is 1.36 bits per heavy atom. The van der Waals surface area contributed by atoms with Gasteiger partial charge in [0.05, 0.1) is 0 Å². The van der Waals surface area contributed by atoms with Gasteiger partial charge in [-0.1, -0.05) is 13.0 Å². The van der Waals surface area contributed by atoms with Crippen LogP contribution in [0.25, 0.3) is 0 Å². The molecule has 1 aromatic rings. The van der Waals surface area contributed by atoms with Crippen molar-refractivity contribution >= 4 is 11.8 Å². The van der Waals surface area contributed by atoms with E-state index in [0.29, 0.717) is 0 Å². The van der Waals surface area contributed by atoms with Gasteiger partial charge >= 0.3 is 6.09 Å². The van der Waals surface area contributed by atoms with Crippen molar-refractivity contribution in [2.75, 3.05) is 12.3 Å². The maximum absolute atomic E-state index is 12.5. The van der Waals surface area contributed by atoms with Gasteiger partial charge in [0.15, 0.2) is 0 Å². The molecule has 0 spiro atoms. The molecule has 1 aromatic carbocycles. The molecule has 0 radical (unpaired) electrons. The second-order valence-electron chi connectivity index (χ2n) is 7.10. The van der Waals surface area contributed by atoms with E-state index < -0.39 is 5.60 Å². The molecule has 0 aromatic heterocycles. The van der Waals surface area contributed by atoms with Gasteiger partial charge in [0.2, 0.25) is 0 Å². The number of rotatable bonds is 3. The number of carbonyl (C=O) groups excluding carboxylic acids is 1. The summed E-state index contributed by atoms with van der Waals surface area (Å²) in [4.78, 5) is 14.4. The Labute approximate surface area is 133 Å². The number of anilines is 1. The summed E-state index contributed by atoms with van der Waals surface area (Å²) in [6.45, 7) is 8.56. The first-order valence-corrected chi connectivity index (χ1v) is 8.17. The van der Waals surface area contributed by atoms with Gasteiger partial charge in [0.25, 0.3) is 0 Å². The van der Waals surface area contributed by atoms with Crippen molar-refractivity contribution in [1.82, 2.24) is 4.90 Å². The van der Waals surface area contributed by atoms with E-state index in [-0.39, 0.29) is 12.1 Å². The van der Waals surface area contributed by atoms with E-state index in [1.165, 1.54) is 11.1 Å². The Hall–Kier alpha value is -1.71. The van der Waals surface area contributed by atoms with E-state index >= 15 is 0 Å². The fourth-order valence-electron chi connectivity index (χ4n) is 3.01. The number of ether oxygens (including phenoxy) is 1. The minimum absolute atomic E-state index is 0.196. The SMILES string of the molecule is CCCN(C(=O)OC(C)(C)C)[C@@H]1CCc2cc(N)ccc2C1. The minimum atomic E-state index is -0.454. The van der Waals surface area contributed by atoms with Gasteiger partial charge in [-0.25, -0.2) is 4.79 Å². The highest BCUT2D eigenvalue weighted by Crippen LogP contribution is 2.27. The fraction of sp³-hybridized carbons (Fsp3) is 0.611. The molecule has 0 aliphatic heterocycles. The van der Waals surface area contributed by atoms with Crippen LogP contribution in [0.2, 0.25) is 0 Å². The van der Waals surface area contributed by atoms with E-state index in [1.807, 2.05) is 31.7 Å². The number of aryl methyl sites for hydroxylation is 1. The fourth-order valence-corrected chi connectivity index (χ4v) is 3.01. The molecule has 0 unspecified atom stereocenters. The van der Waals surface area contributed by atoms with Gasteiger partial charge in [0, 0.05) is 18.3 Å². The highest BCUT2D eigenvalue weighted by molar-refractivity contribution is 5.68. The molecule has 1 amide bonds. The van der Waals surface area contributed by atoms with Crippen molar-refractivity contribution in [2.24, 2.45) is 0 Å². The molecular formula is C18H28N2O2. The zero-order chi connectivity index (χ0) is 16.3. The maximum Gasteiger partial charge on any atom is 0.410 e. The summed E-state index contributed by atoms with van der Waals surface area (Å²) in [6.07, 6.45) is 3.56. The Morgan fingerprint density at radius 3 is 2.73 bits per heavy atom. The molecule has 0 saturated heterocycles. The molecular weight excluding hydrogens is 276 g/mol. The van der Waals surface area contributed by atoms with Crippen LogP contribution < -0.4 is 5.73 Å². The van der Waals surface area contributed by atoms with Gasteiger partial charge in [-0.3, -0.25) is 0 Å². The van der Waals surface area contributed by atoms with Gasteiger partial charge < -0.3 is 15.4 Å². The van der Waals surface area contributed by atoms with Crippen LogP contribution in [0.5, 0.6) is 0 Å². The van der Waals surface area contributed by atoms with E-state index in [0.717, 1.165) is 37.9 Å². The van der Waals surface area contributed by atoms with Crippen LogP contribution in [-0.4, -0.2) is 29.2 Å². The third-order valence-electron chi connectivity index (χ3n) is 3.97. The Balaban J connectivity index is 2.13. The highest BCUT2D eigenvalue weighted by Gasteiger charge is 2.30. The molecule has 2 rings (SSSR count). The molecule has 0 heterocycles. The number of fused-ring (bicyclic) bond motifs is 1. The van der Waals surface area contributed by atoms with Crippen LogP contribution in [0.3, 0.4) is 0 Å². The number of nitrogens with zero attached hydrogens (tertiary/aromatic N) is 1. The van der Waals surface area contributed by atoms with Gasteiger partial charge in [-0.05, 0) is 69.7 Å². The lowest BCUT2D eigenvalue weighted by Crippen LogP contribution is -2.46. The lowest BCUT2D eigenvalue weighted by Gasteiger charge is -2.36. The number of hydrogen-bond acceptors (Lipinski definition) is 3. The van der Waals surface area contributed by atoms with Crippen molar-refractivity contribution in [1.29, 1.82) is 0 Å². The van der Waals surface area contributed by atoms with Crippen molar-refractivity contribution in [3.8, 4) is 0 Å². The van der Waals surface area contributed by atoms with Gasteiger partial charge in [-0.2, -0.15) is 0 Å². The number of nitrogens with two attached hydrogens (primary N) is 1. The molecule has 0 fully saturated rings. The lowest BCUT2D eigenvalue weighted by atomic mass is 9.87. The van der Waals surface area contributed by atoms with E-state index in [2.05, 4.69) is 19.1 Å². The predicted octanol–water partition coefficient (Wildman–Crippen LogP) is 3.77. The Morgan fingerprint density at radius 2 is 2.09 bits per heavy atom. The molecule has 0 saturated carbocycles.